The molecule has 1 saturated heterocycles. The number of hydrogen-bond acceptors (Lipinski definition) is 7. The molecule has 2 aliphatic heterocycles. The van der Waals surface area contributed by atoms with Gasteiger partial charge in [-0.25, -0.2) is 18.7 Å². The Labute approximate surface area is 179 Å². The third kappa shape index (κ3) is 3.11. The lowest BCUT2D eigenvalue weighted by Gasteiger charge is -2.36. The highest BCUT2D eigenvalue weighted by Crippen LogP contribution is 2.46. The Kier molecular flexibility index (Phi) is 4.05. The zero-order valence-corrected chi connectivity index (χ0v) is 16.9. The van der Waals surface area contributed by atoms with Gasteiger partial charge in [0.05, 0.1) is 6.54 Å². The fourth-order valence-electron chi connectivity index (χ4n) is 5.12. The first kappa shape index (κ1) is 19.8. The van der Waals surface area contributed by atoms with Crippen molar-refractivity contribution in [1.82, 2.24) is 24.5 Å². The van der Waals surface area contributed by atoms with Crippen molar-refractivity contribution in [3.05, 3.63) is 18.0 Å². The number of alkyl halides is 4. The molecule has 2 atom stereocenters. The van der Waals surface area contributed by atoms with Crippen LogP contribution < -0.4 is 15.2 Å². The smallest absolute Gasteiger partial charge is 0.395 e. The van der Waals surface area contributed by atoms with Crippen molar-refractivity contribution in [3.63, 3.8) is 0 Å². The monoisotopic (exact) mass is 452 g/mol. The number of hydrogen-bond donors (Lipinski definition) is 1. The maximum Gasteiger partial charge on any atom is 0.586 e. The van der Waals surface area contributed by atoms with E-state index in [0.717, 1.165) is 12.8 Å². The third-order valence-electron chi connectivity index (χ3n) is 6.56. The van der Waals surface area contributed by atoms with Gasteiger partial charge in [0.25, 0.3) is 5.92 Å². The molecule has 12 heteroatoms. The molecule has 8 nitrogen and oxygen atoms in total. The van der Waals surface area contributed by atoms with Crippen LogP contribution in [-0.2, 0) is 0 Å². The average Bonchev–Trinajstić information content (AvgIpc) is 3.42. The van der Waals surface area contributed by atoms with Crippen LogP contribution in [0.2, 0.25) is 0 Å². The summed E-state index contributed by atoms with van der Waals surface area (Å²) in [5, 5.41) is 4.95. The third-order valence-corrected chi connectivity index (χ3v) is 6.56. The SMILES string of the molecule is Nc1nc2c3c(ccc2c2nc([C@H]4CC[C@@H](N5CCCC(F)(F)C5)C4)nn12)OC(F)(F)O3. The van der Waals surface area contributed by atoms with Gasteiger partial charge in [0, 0.05) is 23.8 Å². The topological polar surface area (TPSA) is 90.8 Å². The summed E-state index contributed by atoms with van der Waals surface area (Å²) in [7, 11) is 0. The van der Waals surface area contributed by atoms with Crippen LogP contribution in [0.5, 0.6) is 11.5 Å². The molecule has 1 aliphatic carbocycles. The Morgan fingerprint density at radius 2 is 1.94 bits per heavy atom. The van der Waals surface area contributed by atoms with Gasteiger partial charge >= 0.3 is 6.29 Å². The molecule has 0 bridgehead atoms. The predicted octanol–water partition coefficient (Wildman–Crippen LogP) is 3.55. The summed E-state index contributed by atoms with van der Waals surface area (Å²) in [4.78, 5) is 10.7. The quantitative estimate of drug-likeness (QED) is 0.595. The molecule has 3 aromatic rings. The zero-order chi connectivity index (χ0) is 22.3. The van der Waals surface area contributed by atoms with Crippen LogP contribution in [0.25, 0.3) is 16.6 Å². The normalized spacial score (nSPS) is 26.9. The van der Waals surface area contributed by atoms with E-state index in [-0.39, 0.29) is 47.9 Å². The summed E-state index contributed by atoms with van der Waals surface area (Å²) in [5.74, 6) is -2.46. The van der Waals surface area contributed by atoms with Gasteiger partial charge in [-0.05, 0) is 44.4 Å². The molecular formula is C20H20F4N6O2. The van der Waals surface area contributed by atoms with Crippen LogP contribution in [0.1, 0.15) is 43.8 Å². The van der Waals surface area contributed by atoms with Gasteiger partial charge < -0.3 is 15.2 Å². The van der Waals surface area contributed by atoms with Gasteiger partial charge in [-0.3, -0.25) is 4.90 Å². The standard InChI is InChI=1S/C20H20F4N6O2/c21-19(22)6-1-7-29(9-19)11-3-2-10(8-11)16-27-17-12-4-5-13-15(32-20(23,24)31-13)14(12)26-18(25)30(17)28-16/h4-5,10-11H,1-3,6-9H2,(H2,25,26)/t10-,11+/m0/s1. The number of likely N-dealkylation sites (tertiary alicyclic amines) is 1. The molecule has 0 amide bonds. The van der Waals surface area contributed by atoms with Gasteiger partial charge in [-0.1, -0.05) is 0 Å². The van der Waals surface area contributed by atoms with Crippen LogP contribution in [0.3, 0.4) is 0 Å². The number of anilines is 1. The molecule has 32 heavy (non-hydrogen) atoms. The maximum atomic E-state index is 13.8. The number of rotatable bonds is 2. The minimum absolute atomic E-state index is 0.0109. The number of nitrogen functional groups attached to an aromatic ring is 1. The number of aromatic nitrogens is 4. The average molecular weight is 452 g/mol. The lowest BCUT2D eigenvalue weighted by molar-refractivity contribution is -0.286. The maximum absolute atomic E-state index is 13.8. The number of piperidine rings is 1. The highest BCUT2D eigenvalue weighted by atomic mass is 19.3. The van der Waals surface area contributed by atoms with E-state index in [9.17, 15) is 17.6 Å². The molecule has 4 heterocycles. The molecule has 0 unspecified atom stereocenters. The Morgan fingerprint density at radius 3 is 2.75 bits per heavy atom. The van der Waals surface area contributed by atoms with Crippen LogP contribution in [0.4, 0.5) is 23.5 Å². The number of halogens is 4. The van der Waals surface area contributed by atoms with Crippen molar-refractivity contribution in [2.75, 3.05) is 18.8 Å². The van der Waals surface area contributed by atoms with E-state index in [0.29, 0.717) is 36.2 Å². The van der Waals surface area contributed by atoms with Gasteiger partial charge in [-0.2, -0.15) is 4.52 Å². The Bertz CT molecular complexity index is 1230. The fraction of sp³-hybridized carbons (Fsp3) is 0.550. The van der Waals surface area contributed by atoms with Crippen LogP contribution in [0, 0.1) is 0 Å². The molecule has 1 aromatic carbocycles. The molecule has 170 valence electrons. The second-order valence-corrected chi connectivity index (χ2v) is 8.73. The molecular weight excluding hydrogens is 432 g/mol. The van der Waals surface area contributed by atoms with Crippen molar-refractivity contribution >= 4 is 22.5 Å². The molecule has 0 radical (unpaired) electrons. The second-order valence-electron chi connectivity index (χ2n) is 8.73. The highest BCUT2D eigenvalue weighted by Gasteiger charge is 2.45. The van der Waals surface area contributed by atoms with Crippen molar-refractivity contribution in [2.45, 2.75) is 56.3 Å². The lowest BCUT2D eigenvalue weighted by atomic mass is 10.0. The molecule has 6 rings (SSSR count). The number of nitrogens with two attached hydrogens (primary N) is 1. The Balaban J connectivity index is 1.33. The van der Waals surface area contributed by atoms with Gasteiger partial charge in [-0.15, -0.1) is 13.9 Å². The Hall–Kier alpha value is -2.89. The first-order valence-electron chi connectivity index (χ1n) is 10.6. The minimum Gasteiger partial charge on any atom is -0.395 e. The summed E-state index contributed by atoms with van der Waals surface area (Å²) >= 11 is 0. The molecule has 0 spiro atoms. The summed E-state index contributed by atoms with van der Waals surface area (Å²) in [6, 6.07) is 2.99. The summed E-state index contributed by atoms with van der Waals surface area (Å²) < 4.78 is 65.3. The number of nitrogens with zero attached hydrogens (tertiary/aromatic N) is 5. The molecule has 2 aromatic heterocycles. The van der Waals surface area contributed by atoms with Crippen molar-refractivity contribution < 1.29 is 27.0 Å². The van der Waals surface area contributed by atoms with Crippen molar-refractivity contribution in [1.29, 1.82) is 0 Å². The van der Waals surface area contributed by atoms with E-state index in [1.807, 2.05) is 4.90 Å². The number of benzene rings is 1. The highest BCUT2D eigenvalue weighted by molar-refractivity contribution is 5.97. The van der Waals surface area contributed by atoms with Gasteiger partial charge in [0.1, 0.15) is 5.52 Å². The van der Waals surface area contributed by atoms with E-state index < -0.39 is 12.2 Å². The largest absolute Gasteiger partial charge is 0.586 e. The second kappa shape index (κ2) is 6.56. The summed E-state index contributed by atoms with van der Waals surface area (Å²) in [6.07, 6.45) is -1.10. The molecule has 2 fully saturated rings. The molecule has 1 saturated carbocycles. The summed E-state index contributed by atoms with van der Waals surface area (Å²) in [6.45, 7) is 0.465. The van der Waals surface area contributed by atoms with Gasteiger partial charge in [0.15, 0.2) is 23.0 Å². The minimum atomic E-state index is -3.78. The van der Waals surface area contributed by atoms with E-state index in [2.05, 4.69) is 24.5 Å². The Morgan fingerprint density at radius 1 is 1.09 bits per heavy atom. The van der Waals surface area contributed by atoms with Crippen LogP contribution in [0.15, 0.2) is 12.1 Å². The zero-order valence-electron chi connectivity index (χ0n) is 16.9. The van der Waals surface area contributed by atoms with Gasteiger partial charge in [0.2, 0.25) is 5.95 Å². The number of fused-ring (bicyclic) bond motifs is 5. The van der Waals surface area contributed by atoms with Crippen LogP contribution in [-0.4, -0.2) is 55.8 Å². The van der Waals surface area contributed by atoms with E-state index in [1.165, 1.54) is 10.6 Å². The predicted molar refractivity (Wildman–Crippen MR) is 105 cm³/mol. The molecule has 3 aliphatic rings. The molecule has 2 N–H and O–H groups in total. The van der Waals surface area contributed by atoms with E-state index in [4.69, 9.17) is 5.73 Å². The first-order chi connectivity index (χ1) is 15.2. The summed E-state index contributed by atoms with van der Waals surface area (Å²) in [5.41, 5.74) is 6.53. The van der Waals surface area contributed by atoms with Crippen LogP contribution >= 0.6 is 0 Å². The van der Waals surface area contributed by atoms with E-state index in [1.54, 1.807) is 6.07 Å². The fourth-order valence-corrected chi connectivity index (χ4v) is 5.12. The van der Waals surface area contributed by atoms with Crippen molar-refractivity contribution in [2.24, 2.45) is 0 Å². The van der Waals surface area contributed by atoms with E-state index >= 15 is 0 Å². The number of ether oxygens (including phenoxy) is 2. The lowest BCUT2D eigenvalue weighted by Crippen LogP contribution is -2.46. The first-order valence-corrected chi connectivity index (χ1v) is 10.6. The van der Waals surface area contributed by atoms with Crippen molar-refractivity contribution in [3.8, 4) is 11.5 Å².